The van der Waals surface area contributed by atoms with Crippen molar-refractivity contribution in [3.8, 4) is 0 Å². The summed E-state index contributed by atoms with van der Waals surface area (Å²) in [4.78, 5) is 14.4. The zero-order valence-electron chi connectivity index (χ0n) is 14.3. The highest BCUT2D eigenvalue weighted by Crippen LogP contribution is 2.15. The van der Waals surface area contributed by atoms with Crippen LogP contribution in [0.15, 0.2) is 47.7 Å². The number of hydrogen-bond acceptors (Lipinski definition) is 4. The van der Waals surface area contributed by atoms with Crippen molar-refractivity contribution in [2.75, 3.05) is 13.6 Å². The first-order chi connectivity index (χ1) is 11.8. The number of aliphatic imine (C=N–C) groups is 1. The SMILES string of the molecule is CN=C(NCCc1ncc(C)s1)NCc1cccc2cccnc12.I. The first-order valence-electron chi connectivity index (χ1n) is 7.94. The molecular weight excluding hydrogens is 445 g/mol. The highest BCUT2D eigenvalue weighted by molar-refractivity contribution is 14.0. The van der Waals surface area contributed by atoms with Gasteiger partial charge in [0.15, 0.2) is 5.96 Å². The van der Waals surface area contributed by atoms with Crippen LogP contribution in [0.4, 0.5) is 0 Å². The summed E-state index contributed by atoms with van der Waals surface area (Å²) in [6, 6.07) is 10.3. The molecule has 0 unspecified atom stereocenters. The van der Waals surface area contributed by atoms with Crippen molar-refractivity contribution in [1.82, 2.24) is 20.6 Å². The third-order valence-electron chi connectivity index (χ3n) is 3.69. The molecule has 2 heterocycles. The van der Waals surface area contributed by atoms with Gasteiger partial charge in [-0.3, -0.25) is 9.98 Å². The number of halogens is 1. The van der Waals surface area contributed by atoms with Crippen molar-refractivity contribution in [2.24, 2.45) is 4.99 Å². The maximum absolute atomic E-state index is 4.48. The average Bonchev–Trinajstić information content (AvgIpc) is 3.03. The summed E-state index contributed by atoms with van der Waals surface area (Å²) in [7, 11) is 1.78. The molecule has 5 nitrogen and oxygen atoms in total. The van der Waals surface area contributed by atoms with Gasteiger partial charge >= 0.3 is 0 Å². The molecule has 3 rings (SSSR count). The highest BCUT2D eigenvalue weighted by atomic mass is 127. The van der Waals surface area contributed by atoms with Crippen molar-refractivity contribution in [2.45, 2.75) is 19.9 Å². The number of nitrogens with one attached hydrogen (secondary N) is 2. The van der Waals surface area contributed by atoms with E-state index in [4.69, 9.17) is 0 Å². The van der Waals surface area contributed by atoms with Crippen LogP contribution in [0.2, 0.25) is 0 Å². The highest BCUT2D eigenvalue weighted by Gasteiger charge is 2.04. The summed E-state index contributed by atoms with van der Waals surface area (Å²) in [5, 5.41) is 8.98. The van der Waals surface area contributed by atoms with Crippen LogP contribution in [0, 0.1) is 6.92 Å². The quantitative estimate of drug-likeness (QED) is 0.343. The number of hydrogen-bond donors (Lipinski definition) is 2. The van der Waals surface area contributed by atoms with Crippen LogP contribution in [0.3, 0.4) is 0 Å². The lowest BCUT2D eigenvalue weighted by atomic mass is 10.1. The van der Waals surface area contributed by atoms with Crippen molar-refractivity contribution in [3.05, 3.63) is 58.2 Å². The molecule has 0 amide bonds. The monoisotopic (exact) mass is 467 g/mol. The third kappa shape index (κ3) is 5.37. The van der Waals surface area contributed by atoms with Gasteiger partial charge in [-0.2, -0.15) is 0 Å². The standard InChI is InChI=1S/C18H21N5S.HI/c1-13-11-22-16(24-13)8-10-21-18(19-2)23-12-15-6-3-5-14-7-4-9-20-17(14)15;/h3-7,9,11H,8,10,12H2,1-2H3,(H2,19,21,23);1H. The first-order valence-corrected chi connectivity index (χ1v) is 8.76. The number of nitrogens with zero attached hydrogens (tertiary/aromatic N) is 3. The largest absolute Gasteiger partial charge is 0.356 e. The van der Waals surface area contributed by atoms with E-state index in [0.717, 1.165) is 40.4 Å². The van der Waals surface area contributed by atoms with E-state index < -0.39 is 0 Å². The summed E-state index contributed by atoms with van der Waals surface area (Å²) >= 11 is 1.74. The Morgan fingerprint density at radius 1 is 1.16 bits per heavy atom. The number of pyridine rings is 1. The predicted octanol–water partition coefficient (Wildman–Crippen LogP) is 3.53. The van der Waals surface area contributed by atoms with Gasteiger partial charge in [-0.25, -0.2) is 4.98 Å². The van der Waals surface area contributed by atoms with Gasteiger partial charge in [0.25, 0.3) is 0 Å². The summed E-state index contributed by atoms with van der Waals surface area (Å²) in [5.74, 6) is 0.788. The van der Waals surface area contributed by atoms with Crippen molar-refractivity contribution in [3.63, 3.8) is 0 Å². The lowest BCUT2D eigenvalue weighted by molar-refractivity contribution is 0.793. The lowest BCUT2D eigenvalue weighted by Crippen LogP contribution is -2.37. The molecule has 2 aromatic heterocycles. The summed E-state index contributed by atoms with van der Waals surface area (Å²) in [5.41, 5.74) is 2.19. The Hall–Kier alpha value is -1.74. The molecule has 0 radical (unpaired) electrons. The Balaban J connectivity index is 0.00000225. The normalized spacial score (nSPS) is 11.2. The van der Waals surface area contributed by atoms with Gasteiger partial charge < -0.3 is 10.6 Å². The summed E-state index contributed by atoms with van der Waals surface area (Å²) < 4.78 is 0. The average molecular weight is 467 g/mol. The fourth-order valence-corrected chi connectivity index (χ4v) is 3.30. The van der Waals surface area contributed by atoms with Gasteiger partial charge in [0.05, 0.1) is 10.5 Å². The molecule has 0 bridgehead atoms. The van der Waals surface area contributed by atoms with E-state index in [1.54, 1.807) is 18.4 Å². The van der Waals surface area contributed by atoms with Gasteiger partial charge in [-0.1, -0.05) is 24.3 Å². The number of fused-ring (bicyclic) bond motifs is 1. The van der Waals surface area contributed by atoms with E-state index in [0.29, 0.717) is 6.54 Å². The van der Waals surface area contributed by atoms with Crippen LogP contribution in [0.25, 0.3) is 10.9 Å². The number of thiazole rings is 1. The fraction of sp³-hybridized carbons (Fsp3) is 0.278. The Labute approximate surface area is 169 Å². The molecule has 0 fully saturated rings. The predicted molar refractivity (Wildman–Crippen MR) is 116 cm³/mol. The molecule has 1 aromatic carbocycles. The number of para-hydroxylation sites is 1. The minimum Gasteiger partial charge on any atom is -0.356 e. The molecule has 25 heavy (non-hydrogen) atoms. The van der Waals surface area contributed by atoms with Crippen molar-refractivity contribution < 1.29 is 0 Å². The van der Waals surface area contributed by atoms with E-state index in [-0.39, 0.29) is 24.0 Å². The van der Waals surface area contributed by atoms with Crippen molar-refractivity contribution >= 4 is 52.2 Å². The molecule has 132 valence electrons. The van der Waals surface area contributed by atoms with Gasteiger partial charge in [-0.05, 0) is 18.6 Å². The zero-order chi connectivity index (χ0) is 16.8. The molecule has 0 spiro atoms. The van der Waals surface area contributed by atoms with Gasteiger partial charge in [0.1, 0.15) is 0 Å². The van der Waals surface area contributed by atoms with Crippen LogP contribution < -0.4 is 10.6 Å². The van der Waals surface area contributed by atoms with E-state index in [9.17, 15) is 0 Å². The smallest absolute Gasteiger partial charge is 0.191 e. The molecule has 2 N–H and O–H groups in total. The zero-order valence-corrected chi connectivity index (χ0v) is 17.5. The first kappa shape index (κ1) is 19.6. The number of aromatic nitrogens is 2. The third-order valence-corrected chi connectivity index (χ3v) is 4.66. The Kier molecular flexibility index (Phi) is 7.57. The van der Waals surface area contributed by atoms with E-state index in [1.807, 2.05) is 18.5 Å². The molecule has 3 aromatic rings. The van der Waals surface area contributed by atoms with Crippen LogP contribution >= 0.6 is 35.3 Å². The molecule has 0 saturated heterocycles. The van der Waals surface area contributed by atoms with Gasteiger partial charge in [0.2, 0.25) is 0 Å². The second kappa shape index (κ2) is 9.67. The molecule has 0 aliphatic carbocycles. The van der Waals surface area contributed by atoms with Crippen LogP contribution in [-0.2, 0) is 13.0 Å². The molecule has 0 aliphatic heterocycles. The minimum absolute atomic E-state index is 0. The maximum Gasteiger partial charge on any atom is 0.191 e. The number of rotatable bonds is 5. The molecule has 0 saturated carbocycles. The van der Waals surface area contributed by atoms with Gasteiger partial charge in [0, 0.05) is 49.2 Å². The van der Waals surface area contributed by atoms with E-state index in [2.05, 4.69) is 56.8 Å². The molecular formula is C18H22IN5S. The molecule has 0 aliphatic rings. The van der Waals surface area contributed by atoms with Crippen molar-refractivity contribution in [1.29, 1.82) is 0 Å². The number of benzene rings is 1. The molecule has 0 atom stereocenters. The Bertz CT molecular complexity index is 841. The topological polar surface area (TPSA) is 62.2 Å². The van der Waals surface area contributed by atoms with Gasteiger partial charge in [-0.15, -0.1) is 35.3 Å². The molecule has 7 heteroatoms. The summed E-state index contributed by atoms with van der Waals surface area (Å²) in [6.07, 6.45) is 4.64. The minimum atomic E-state index is 0. The van der Waals surface area contributed by atoms with Crippen LogP contribution in [0.1, 0.15) is 15.4 Å². The van der Waals surface area contributed by atoms with E-state index in [1.165, 1.54) is 4.88 Å². The number of aryl methyl sites for hydroxylation is 1. The lowest BCUT2D eigenvalue weighted by Gasteiger charge is -2.12. The maximum atomic E-state index is 4.48. The van der Waals surface area contributed by atoms with E-state index >= 15 is 0 Å². The summed E-state index contributed by atoms with van der Waals surface area (Å²) in [6.45, 7) is 3.57. The Morgan fingerprint density at radius 3 is 2.76 bits per heavy atom. The van der Waals surface area contributed by atoms with Crippen LogP contribution in [-0.4, -0.2) is 29.5 Å². The van der Waals surface area contributed by atoms with Crippen LogP contribution in [0.5, 0.6) is 0 Å². The fourth-order valence-electron chi connectivity index (χ4n) is 2.51. The Morgan fingerprint density at radius 2 is 2.00 bits per heavy atom. The number of guanidine groups is 1. The second-order valence-electron chi connectivity index (χ2n) is 5.46. The second-order valence-corrected chi connectivity index (χ2v) is 6.78.